The van der Waals surface area contributed by atoms with E-state index in [4.69, 9.17) is 9.72 Å². The van der Waals surface area contributed by atoms with Crippen molar-refractivity contribution in [2.75, 3.05) is 18.6 Å². The van der Waals surface area contributed by atoms with Crippen LogP contribution in [0.15, 0.2) is 36.4 Å². The molecular formula is C21H19F2N3O2. The molecule has 1 aliphatic heterocycles. The summed E-state index contributed by atoms with van der Waals surface area (Å²) in [6.45, 7) is 2.90. The first kappa shape index (κ1) is 18.3. The number of rotatable bonds is 3. The van der Waals surface area contributed by atoms with Crippen molar-refractivity contribution in [3.8, 4) is 11.3 Å². The molecule has 144 valence electrons. The van der Waals surface area contributed by atoms with Crippen LogP contribution in [0.3, 0.4) is 0 Å². The van der Waals surface area contributed by atoms with Gasteiger partial charge in [0.25, 0.3) is 0 Å². The SMILES string of the molecule is COC(=O)c1ccc2nc(-c3ccc(F)c(F)c3)c(N3CCCC3C)nc2c1. The molecule has 28 heavy (non-hydrogen) atoms. The minimum absolute atomic E-state index is 0.250. The van der Waals surface area contributed by atoms with Crippen LogP contribution < -0.4 is 4.90 Å². The number of hydrogen-bond donors (Lipinski definition) is 0. The summed E-state index contributed by atoms with van der Waals surface area (Å²) < 4.78 is 32.1. The lowest BCUT2D eigenvalue weighted by molar-refractivity contribution is 0.0601. The van der Waals surface area contributed by atoms with Gasteiger partial charge in [-0.25, -0.2) is 23.5 Å². The molecule has 1 unspecified atom stereocenters. The molecule has 1 aromatic heterocycles. The summed E-state index contributed by atoms with van der Waals surface area (Å²) in [5, 5.41) is 0. The van der Waals surface area contributed by atoms with Crippen molar-refractivity contribution in [1.29, 1.82) is 0 Å². The molecule has 0 spiro atoms. The lowest BCUT2D eigenvalue weighted by Gasteiger charge is -2.25. The summed E-state index contributed by atoms with van der Waals surface area (Å²) in [7, 11) is 1.32. The van der Waals surface area contributed by atoms with Gasteiger partial charge in [0.05, 0.1) is 23.7 Å². The third kappa shape index (κ3) is 3.17. The van der Waals surface area contributed by atoms with E-state index in [9.17, 15) is 13.6 Å². The number of ether oxygens (including phenoxy) is 1. The van der Waals surface area contributed by atoms with E-state index in [1.165, 1.54) is 13.2 Å². The highest BCUT2D eigenvalue weighted by Crippen LogP contribution is 2.34. The number of benzene rings is 2. The number of esters is 1. The molecule has 0 aliphatic carbocycles. The smallest absolute Gasteiger partial charge is 0.337 e. The first-order chi connectivity index (χ1) is 13.5. The number of anilines is 1. The predicted molar refractivity (Wildman–Crippen MR) is 102 cm³/mol. The van der Waals surface area contributed by atoms with Gasteiger partial charge in [0.2, 0.25) is 0 Å². The molecule has 0 bridgehead atoms. The lowest BCUT2D eigenvalue weighted by atomic mass is 10.1. The van der Waals surface area contributed by atoms with Crippen LogP contribution in [0.2, 0.25) is 0 Å². The third-order valence-electron chi connectivity index (χ3n) is 5.08. The van der Waals surface area contributed by atoms with Gasteiger partial charge < -0.3 is 9.64 Å². The van der Waals surface area contributed by atoms with Crippen LogP contribution in [-0.4, -0.2) is 35.6 Å². The number of nitrogens with zero attached hydrogens (tertiary/aromatic N) is 3. The Morgan fingerprint density at radius 1 is 1.11 bits per heavy atom. The van der Waals surface area contributed by atoms with Crippen LogP contribution >= 0.6 is 0 Å². The summed E-state index contributed by atoms with van der Waals surface area (Å²) in [6, 6.07) is 8.89. The molecule has 2 aromatic carbocycles. The van der Waals surface area contributed by atoms with Crippen LogP contribution in [0.25, 0.3) is 22.3 Å². The van der Waals surface area contributed by atoms with Gasteiger partial charge in [-0.2, -0.15) is 0 Å². The molecule has 1 fully saturated rings. The molecule has 3 aromatic rings. The Hall–Kier alpha value is -3.09. The summed E-state index contributed by atoms with van der Waals surface area (Å²) in [5.41, 5.74) is 2.43. The Morgan fingerprint density at radius 3 is 2.61 bits per heavy atom. The van der Waals surface area contributed by atoms with Gasteiger partial charge in [0.1, 0.15) is 5.69 Å². The maximum atomic E-state index is 13.9. The molecule has 0 radical (unpaired) electrons. The van der Waals surface area contributed by atoms with Gasteiger partial charge in [-0.15, -0.1) is 0 Å². The summed E-state index contributed by atoms with van der Waals surface area (Å²) in [4.78, 5) is 23.4. The molecule has 5 nitrogen and oxygen atoms in total. The van der Waals surface area contributed by atoms with Crippen molar-refractivity contribution in [2.45, 2.75) is 25.8 Å². The van der Waals surface area contributed by atoms with E-state index in [0.717, 1.165) is 31.5 Å². The van der Waals surface area contributed by atoms with Gasteiger partial charge in [-0.3, -0.25) is 0 Å². The Labute approximate surface area is 161 Å². The maximum absolute atomic E-state index is 13.9. The zero-order valence-electron chi connectivity index (χ0n) is 15.6. The van der Waals surface area contributed by atoms with Gasteiger partial charge in [0.15, 0.2) is 17.5 Å². The van der Waals surface area contributed by atoms with Crippen LogP contribution in [-0.2, 0) is 4.74 Å². The molecule has 1 aliphatic rings. The number of fused-ring (bicyclic) bond motifs is 1. The number of halogens is 2. The van der Waals surface area contributed by atoms with Crippen molar-refractivity contribution in [1.82, 2.24) is 9.97 Å². The first-order valence-corrected chi connectivity index (χ1v) is 9.10. The van der Waals surface area contributed by atoms with Gasteiger partial charge in [-0.1, -0.05) is 0 Å². The van der Waals surface area contributed by atoms with Crippen molar-refractivity contribution < 1.29 is 18.3 Å². The zero-order chi connectivity index (χ0) is 19.8. The van der Waals surface area contributed by atoms with E-state index in [2.05, 4.69) is 16.8 Å². The van der Waals surface area contributed by atoms with Gasteiger partial charge >= 0.3 is 5.97 Å². The van der Waals surface area contributed by atoms with E-state index in [1.54, 1.807) is 18.2 Å². The fourth-order valence-corrected chi connectivity index (χ4v) is 3.58. The molecule has 2 heterocycles. The largest absolute Gasteiger partial charge is 0.465 e. The average molecular weight is 383 g/mol. The predicted octanol–water partition coefficient (Wildman–Crippen LogP) is 4.35. The Kier molecular flexibility index (Phi) is 4.66. The number of aromatic nitrogens is 2. The second-order valence-corrected chi connectivity index (χ2v) is 6.90. The number of methoxy groups -OCH3 is 1. The Morgan fingerprint density at radius 2 is 1.93 bits per heavy atom. The monoisotopic (exact) mass is 383 g/mol. The van der Waals surface area contributed by atoms with Gasteiger partial charge in [-0.05, 0) is 56.2 Å². The highest BCUT2D eigenvalue weighted by molar-refractivity contribution is 5.94. The summed E-state index contributed by atoms with van der Waals surface area (Å²) >= 11 is 0. The van der Waals surface area contributed by atoms with Gasteiger partial charge in [0, 0.05) is 18.2 Å². The standard InChI is InChI=1S/C21H19F2N3O2/c1-12-4-3-9-26(12)20-19(13-5-7-15(22)16(23)10-13)24-17-8-6-14(21(27)28-2)11-18(17)25-20/h5-8,10-12H,3-4,9H2,1-2H3. The number of carbonyl (C=O) groups excluding carboxylic acids is 1. The average Bonchev–Trinajstić information content (AvgIpc) is 3.13. The van der Waals surface area contributed by atoms with E-state index in [1.807, 2.05) is 0 Å². The van der Waals surface area contributed by atoms with E-state index >= 15 is 0 Å². The number of hydrogen-bond acceptors (Lipinski definition) is 5. The molecule has 0 saturated carbocycles. The normalized spacial score (nSPS) is 16.6. The molecule has 1 atom stereocenters. The quantitative estimate of drug-likeness (QED) is 0.630. The third-order valence-corrected chi connectivity index (χ3v) is 5.08. The molecular weight excluding hydrogens is 364 g/mol. The molecule has 0 N–H and O–H groups in total. The lowest BCUT2D eigenvalue weighted by Crippen LogP contribution is -2.28. The van der Waals surface area contributed by atoms with Crippen LogP contribution in [0.4, 0.5) is 14.6 Å². The van der Waals surface area contributed by atoms with E-state index in [0.29, 0.717) is 33.7 Å². The fourth-order valence-electron chi connectivity index (χ4n) is 3.58. The fraction of sp³-hybridized carbons (Fsp3) is 0.286. The van der Waals surface area contributed by atoms with Crippen molar-refractivity contribution in [3.05, 3.63) is 53.6 Å². The van der Waals surface area contributed by atoms with E-state index < -0.39 is 17.6 Å². The maximum Gasteiger partial charge on any atom is 0.337 e. The van der Waals surface area contributed by atoms with Crippen LogP contribution in [0, 0.1) is 11.6 Å². The minimum atomic E-state index is -0.930. The summed E-state index contributed by atoms with van der Waals surface area (Å²) in [5.74, 6) is -1.69. The first-order valence-electron chi connectivity index (χ1n) is 9.10. The highest BCUT2D eigenvalue weighted by Gasteiger charge is 2.26. The molecule has 1 saturated heterocycles. The zero-order valence-corrected chi connectivity index (χ0v) is 15.6. The number of carbonyl (C=O) groups is 1. The molecule has 4 rings (SSSR count). The summed E-state index contributed by atoms with van der Waals surface area (Å²) in [6.07, 6.45) is 2.03. The highest BCUT2D eigenvalue weighted by atomic mass is 19.2. The van der Waals surface area contributed by atoms with Crippen LogP contribution in [0.5, 0.6) is 0 Å². The van der Waals surface area contributed by atoms with Crippen molar-refractivity contribution >= 4 is 22.8 Å². The minimum Gasteiger partial charge on any atom is -0.465 e. The molecule has 0 amide bonds. The second-order valence-electron chi connectivity index (χ2n) is 6.90. The Balaban J connectivity index is 1.93. The molecule has 7 heteroatoms. The van der Waals surface area contributed by atoms with Crippen molar-refractivity contribution in [2.24, 2.45) is 0 Å². The Bertz CT molecular complexity index is 1070. The van der Waals surface area contributed by atoms with E-state index in [-0.39, 0.29) is 6.04 Å². The topological polar surface area (TPSA) is 55.3 Å². The van der Waals surface area contributed by atoms with Crippen LogP contribution in [0.1, 0.15) is 30.1 Å². The second kappa shape index (κ2) is 7.14. The van der Waals surface area contributed by atoms with Crippen molar-refractivity contribution in [3.63, 3.8) is 0 Å².